The molecule has 3 aliphatic carbocycles. The lowest BCUT2D eigenvalue weighted by molar-refractivity contribution is -0.145. The number of hydrogen-bond acceptors (Lipinski definition) is 4. The van der Waals surface area contributed by atoms with Gasteiger partial charge < -0.3 is 15.4 Å². The van der Waals surface area contributed by atoms with Crippen molar-refractivity contribution in [3.8, 4) is 11.3 Å². The normalized spacial score (nSPS) is 25.5. The van der Waals surface area contributed by atoms with E-state index >= 15 is 0 Å². The molecule has 0 radical (unpaired) electrons. The van der Waals surface area contributed by atoms with Crippen molar-refractivity contribution in [1.29, 1.82) is 0 Å². The van der Waals surface area contributed by atoms with Crippen molar-refractivity contribution in [2.45, 2.75) is 38.1 Å². The Hall–Kier alpha value is -3.10. The Labute approximate surface area is 175 Å². The number of carboxylic acid groups (broad SMARTS) is 1. The molecule has 0 saturated heterocycles. The third-order valence-electron chi connectivity index (χ3n) is 6.73. The largest absolute Gasteiger partial charge is 0.481 e. The Morgan fingerprint density at radius 2 is 1.87 bits per heavy atom. The van der Waals surface area contributed by atoms with Gasteiger partial charge in [0.2, 0.25) is 0 Å². The number of rotatable bonds is 4. The molecule has 3 aromatic heterocycles. The molecule has 162 valence electrons. The highest BCUT2D eigenvalue weighted by Crippen LogP contribution is 2.44. The van der Waals surface area contributed by atoms with E-state index in [0.29, 0.717) is 11.0 Å². The van der Waals surface area contributed by atoms with Crippen LogP contribution in [0.4, 0.5) is 19.0 Å². The standard InChI is InChI=1S/C22H21F3N4O2/c23-12-6-13-14(9-27-20(13)26-8-12)19-15(24)7-16(25)21(29-19)28-18-11-3-1-2-10(4-5-11)17(18)22(30)31/h6-11,17-18H,1-5H2,(H,26,27)(H,28,29)(H,30,31)/t10?,11?,17-,18-/m0/s1. The topological polar surface area (TPSA) is 90.9 Å². The van der Waals surface area contributed by atoms with E-state index in [4.69, 9.17) is 0 Å². The van der Waals surface area contributed by atoms with E-state index in [9.17, 15) is 23.1 Å². The van der Waals surface area contributed by atoms with Gasteiger partial charge in [-0.2, -0.15) is 0 Å². The molecule has 2 unspecified atom stereocenters. The van der Waals surface area contributed by atoms with Gasteiger partial charge in [-0.25, -0.2) is 23.1 Å². The van der Waals surface area contributed by atoms with Crippen LogP contribution in [0.25, 0.3) is 22.3 Å². The van der Waals surface area contributed by atoms with Crippen LogP contribution in [-0.2, 0) is 4.79 Å². The fourth-order valence-corrected chi connectivity index (χ4v) is 5.31. The van der Waals surface area contributed by atoms with E-state index in [-0.39, 0.29) is 28.9 Å². The maximum Gasteiger partial charge on any atom is 0.308 e. The number of nitrogens with one attached hydrogen (secondary N) is 2. The van der Waals surface area contributed by atoms with Crippen LogP contribution in [0.15, 0.2) is 24.5 Å². The average Bonchev–Trinajstić information content (AvgIpc) is 2.89. The summed E-state index contributed by atoms with van der Waals surface area (Å²) in [5.74, 6) is -4.02. The minimum atomic E-state index is -0.907. The van der Waals surface area contributed by atoms with Crippen LogP contribution in [0.3, 0.4) is 0 Å². The molecule has 6 rings (SSSR count). The van der Waals surface area contributed by atoms with Crippen molar-refractivity contribution in [2.75, 3.05) is 5.32 Å². The Kier molecular flexibility index (Phi) is 4.83. The highest BCUT2D eigenvalue weighted by atomic mass is 19.1. The summed E-state index contributed by atoms with van der Waals surface area (Å²) in [6, 6.07) is 1.44. The number of aliphatic carboxylic acids is 1. The summed E-state index contributed by atoms with van der Waals surface area (Å²) >= 11 is 0. The lowest BCUT2D eigenvalue weighted by Crippen LogP contribution is -2.46. The van der Waals surface area contributed by atoms with Gasteiger partial charge in [-0.05, 0) is 43.6 Å². The lowest BCUT2D eigenvalue weighted by Gasteiger charge is -2.39. The number of H-pyrrole nitrogens is 1. The maximum absolute atomic E-state index is 14.7. The predicted octanol–water partition coefficient (Wildman–Crippen LogP) is 4.73. The molecule has 0 amide bonds. The van der Waals surface area contributed by atoms with Gasteiger partial charge in [-0.15, -0.1) is 0 Å². The molecule has 3 aromatic rings. The van der Waals surface area contributed by atoms with Gasteiger partial charge in [0, 0.05) is 29.3 Å². The van der Waals surface area contributed by atoms with Gasteiger partial charge >= 0.3 is 5.97 Å². The second kappa shape index (κ2) is 7.55. The van der Waals surface area contributed by atoms with Crippen molar-refractivity contribution in [3.63, 3.8) is 0 Å². The summed E-state index contributed by atoms with van der Waals surface area (Å²) in [4.78, 5) is 22.9. The van der Waals surface area contributed by atoms with E-state index in [2.05, 4.69) is 20.3 Å². The fraction of sp³-hybridized carbons (Fsp3) is 0.409. The number of carboxylic acids is 1. The van der Waals surface area contributed by atoms with Crippen molar-refractivity contribution in [3.05, 3.63) is 42.0 Å². The van der Waals surface area contributed by atoms with Crippen LogP contribution in [0.2, 0.25) is 0 Å². The van der Waals surface area contributed by atoms with E-state index < -0.39 is 35.4 Å². The predicted molar refractivity (Wildman–Crippen MR) is 108 cm³/mol. The van der Waals surface area contributed by atoms with Crippen LogP contribution < -0.4 is 5.32 Å². The highest BCUT2D eigenvalue weighted by molar-refractivity contribution is 5.92. The number of anilines is 1. The highest BCUT2D eigenvalue weighted by Gasteiger charge is 2.45. The molecular weight excluding hydrogens is 409 g/mol. The number of halogens is 3. The van der Waals surface area contributed by atoms with Crippen LogP contribution >= 0.6 is 0 Å². The molecule has 3 fully saturated rings. The maximum atomic E-state index is 14.7. The average molecular weight is 430 g/mol. The summed E-state index contributed by atoms with van der Waals surface area (Å²) in [5, 5.41) is 13.2. The van der Waals surface area contributed by atoms with Gasteiger partial charge in [-0.1, -0.05) is 6.42 Å². The Morgan fingerprint density at radius 1 is 1.10 bits per heavy atom. The fourth-order valence-electron chi connectivity index (χ4n) is 5.31. The summed E-state index contributed by atoms with van der Waals surface area (Å²) in [6.07, 6.45) is 6.84. The van der Waals surface area contributed by atoms with Gasteiger partial charge in [0.05, 0.1) is 12.1 Å². The molecule has 0 aliphatic heterocycles. The number of hydrogen-bond donors (Lipinski definition) is 3. The summed E-state index contributed by atoms with van der Waals surface area (Å²) in [6.45, 7) is 0. The minimum Gasteiger partial charge on any atom is -0.481 e. The second-order valence-corrected chi connectivity index (χ2v) is 8.46. The summed E-state index contributed by atoms with van der Waals surface area (Å²) in [7, 11) is 0. The van der Waals surface area contributed by atoms with Gasteiger partial charge in [-0.3, -0.25) is 4.79 Å². The molecule has 3 N–H and O–H groups in total. The number of fused-ring (bicyclic) bond motifs is 5. The van der Waals surface area contributed by atoms with E-state index in [1.807, 2.05) is 0 Å². The van der Waals surface area contributed by atoms with Crippen LogP contribution in [-0.4, -0.2) is 32.1 Å². The Balaban J connectivity index is 1.56. The first-order valence-electron chi connectivity index (χ1n) is 10.4. The van der Waals surface area contributed by atoms with Crippen molar-refractivity contribution in [2.24, 2.45) is 17.8 Å². The molecule has 0 aromatic carbocycles. The van der Waals surface area contributed by atoms with Crippen LogP contribution in [0, 0.1) is 35.2 Å². The zero-order valence-electron chi connectivity index (χ0n) is 16.5. The van der Waals surface area contributed by atoms with Gasteiger partial charge in [0.25, 0.3) is 0 Å². The zero-order chi connectivity index (χ0) is 21.7. The minimum absolute atomic E-state index is 0.0272. The van der Waals surface area contributed by atoms with Crippen LogP contribution in [0.5, 0.6) is 0 Å². The van der Waals surface area contributed by atoms with Gasteiger partial charge in [0.15, 0.2) is 17.5 Å². The number of aromatic amines is 1. The Morgan fingerprint density at radius 3 is 2.68 bits per heavy atom. The van der Waals surface area contributed by atoms with Crippen molar-refractivity contribution in [1.82, 2.24) is 15.0 Å². The monoisotopic (exact) mass is 430 g/mol. The zero-order valence-corrected chi connectivity index (χ0v) is 16.5. The lowest BCUT2D eigenvalue weighted by atomic mass is 9.71. The third kappa shape index (κ3) is 3.41. The Bertz CT molecular complexity index is 1160. The van der Waals surface area contributed by atoms with Crippen molar-refractivity contribution >= 4 is 22.8 Å². The first kappa shape index (κ1) is 19.8. The number of carbonyl (C=O) groups is 1. The van der Waals surface area contributed by atoms with Crippen molar-refractivity contribution < 1.29 is 23.1 Å². The summed E-state index contributed by atoms with van der Waals surface area (Å²) in [5.41, 5.74) is 0.441. The number of nitrogens with zero attached hydrogens (tertiary/aromatic N) is 2. The molecule has 2 bridgehead atoms. The molecular formula is C22H21F3N4O2. The van der Waals surface area contributed by atoms with E-state index in [0.717, 1.165) is 44.4 Å². The van der Waals surface area contributed by atoms with E-state index in [1.54, 1.807) is 0 Å². The molecule has 31 heavy (non-hydrogen) atoms. The molecule has 3 heterocycles. The molecule has 3 saturated carbocycles. The first-order valence-corrected chi connectivity index (χ1v) is 10.4. The molecule has 3 aliphatic rings. The van der Waals surface area contributed by atoms with Gasteiger partial charge in [0.1, 0.15) is 17.2 Å². The smallest absolute Gasteiger partial charge is 0.308 e. The number of aromatic nitrogens is 3. The first-order chi connectivity index (χ1) is 14.9. The molecule has 6 nitrogen and oxygen atoms in total. The van der Waals surface area contributed by atoms with E-state index in [1.165, 1.54) is 12.3 Å². The van der Waals surface area contributed by atoms with Crippen LogP contribution in [0.1, 0.15) is 32.1 Å². The quantitative estimate of drug-likeness (QED) is 0.557. The molecule has 0 spiro atoms. The molecule has 9 heteroatoms. The third-order valence-corrected chi connectivity index (χ3v) is 6.73. The molecule has 4 atom stereocenters. The SMILES string of the molecule is O=C(O)[C@H]1C2CCCC(CC2)[C@@H]1Nc1nc(-c2c[nH]c3ncc(F)cc23)c(F)cc1F. The second-order valence-electron chi connectivity index (χ2n) is 8.46. The summed E-state index contributed by atoms with van der Waals surface area (Å²) < 4.78 is 43.0. The number of pyridine rings is 2.